The van der Waals surface area contributed by atoms with Crippen molar-refractivity contribution in [2.75, 3.05) is 46.9 Å². The lowest BCUT2D eigenvalue weighted by molar-refractivity contribution is 0.121. The second-order valence-corrected chi connectivity index (χ2v) is 6.57. The molecule has 0 aromatic heterocycles. The standard InChI is InChI=1S/C19H32N4O/c1-16-4-6-17(7-5-16)14-21-19(20-2)22-15-18-8-10-23(11-9-18)12-13-24-3/h4-7,18H,8-15H2,1-3H3,(H2,20,21,22). The second-order valence-electron chi connectivity index (χ2n) is 6.57. The van der Waals surface area contributed by atoms with E-state index in [1.807, 2.05) is 7.05 Å². The molecule has 1 aromatic carbocycles. The molecule has 1 aliphatic heterocycles. The van der Waals surface area contributed by atoms with Gasteiger partial charge in [0.2, 0.25) is 0 Å². The summed E-state index contributed by atoms with van der Waals surface area (Å²) in [6.45, 7) is 8.13. The van der Waals surface area contributed by atoms with Crippen LogP contribution in [-0.4, -0.2) is 57.8 Å². The van der Waals surface area contributed by atoms with Crippen molar-refractivity contribution in [3.05, 3.63) is 35.4 Å². The lowest BCUT2D eigenvalue weighted by Crippen LogP contribution is -2.43. The van der Waals surface area contributed by atoms with Crippen molar-refractivity contribution >= 4 is 5.96 Å². The van der Waals surface area contributed by atoms with E-state index in [0.717, 1.165) is 38.1 Å². The monoisotopic (exact) mass is 332 g/mol. The number of aryl methyl sites for hydroxylation is 1. The second kappa shape index (κ2) is 10.3. The molecule has 5 heteroatoms. The number of likely N-dealkylation sites (tertiary alicyclic amines) is 1. The highest BCUT2D eigenvalue weighted by Gasteiger charge is 2.18. The van der Waals surface area contributed by atoms with Crippen LogP contribution in [-0.2, 0) is 11.3 Å². The summed E-state index contributed by atoms with van der Waals surface area (Å²) in [5, 5.41) is 6.87. The first kappa shape index (κ1) is 18.7. The van der Waals surface area contributed by atoms with Gasteiger partial charge in [0.15, 0.2) is 5.96 Å². The molecule has 1 aliphatic rings. The van der Waals surface area contributed by atoms with Crippen LogP contribution in [0.5, 0.6) is 0 Å². The summed E-state index contributed by atoms with van der Waals surface area (Å²) in [6, 6.07) is 8.60. The molecule has 1 aromatic rings. The summed E-state index contributed by atoms with van der Waals surface area (Å²) >= 11 is 0. The summed E-state index contributed by atoms with van der Waals surface area (Å²) in [4.78, 5) is 6.82. The maximum absolute atomic E-state index is 5.16. The van der Waals surface area contributed by atoms with E-state index in [-0.39, 0.29) is 0 Å². The zero-order valence-electron chi connectivity index (χ0n) is 15.3. The molecule has 2 N–H and O–H groups in total. The van der Waals surface area contributed by atoms with Crippen LogP contribution in [0.25, 0.3) is 0 Å². The van der Waals surface area contributed by atoms with Crippen molar-refractivity contribution in [3.63, 3.8) is 0 Å². The number of ether oxygens (including phenoxy) is 1. The highest BCUT2D eigenvalue weighted by Crippen LogP contribution is 2.15. The van der Waals surface area contributed by atoms with Gasteiger partial charge >= 0.3 is 0 Å². The number of hydrogen-bond donors (Lipinski definition) is 2. The predicted molar refractivity (Wildman–Crippen MR) is 100 cm³/mol. The molecule has 24 heavy (non-hydrogen) atoms. The minimum atomic E-state index is 0.724. The summed E-state index contributed by atoms with van der Waals surface area (Å²) in [7, 11) is 3.60. The molecule has 2 rings (SSSR count). The van der Waals surface area contributed by atoms with Gasteiger partial charge in [0.05, 0.1) is 6.61 Å². The van der Waals surface area contributed by atoms with Crippen LogP contribution < -0.4 is 10.6 Å². The van der Waals surface area contributed by atoms with Crippen LogP contribution in [0.4, 0.5) is 0 Å². The zero-order chi connectivity index (χ0) is 17.2. The Labute approximate surface area is 146 Å². The van der Waals surface area contributed by atoms with Crippen molar-refractivity contribution in [1.29, 1.82) is 0 Å². The van der Waals surface area contributed by atoms with E-state index in [9.17, 15) is 0 Å². The Hall–Kier alpha value is -1.59. The highest BCUT2D eigenvalue weighted by atomic mass is 16.5. The van der Waals surface area contributed by atoms with Crippen LogP contribution in [0.2, 0.25) is 0 Å². The molecule has 1 fully saturated rings. The minimum absolute atomic E-state index is 0.724. The van der Waals surface area contributed by atoms with Gasteiger partial charge in [-0.2, -0.15) is 0 Å². The lowest BCUT2D eigenvalue weighted by Gasteiger charge is -2.32. The first-order valence-electron chi connectivity index (χ1n) is 8.92. The Morgan fingerprint density at radius 2 is 1.92 bits per heavy atom. The number of nitrogens with zero attached hydrogens (tertiary/aromatic N) is 2. The summed E-state index contributed by atoms with van der Waals surface area (Å²) in [6.07, 6.45) is 2.48. The van der Waals surface area contributed by atoms with E-state index >= 15 is 0 Å². The van der Waals surface area contributed by atoms with E-state index in [1.54, 1.807) is 7.11 Å². The van der Waals surface area contributed by atoms with Crippen molar-refractivity contribution in [1.82, 2.24) is 15.5 Å². The third-order valence-electron chi connectivity index (χ3n) is 4.68. The lowest BCUT2D eigenvalue weighted by atomic mass is 9.97. The molecule has 0 bridgehead atoms. The van der Waals surface area contributed by atoms with Crippen LogP contribution in [0, 0.1) is 12.8 Å². The molecule has 1 saturated heterocycles. The Morgan fingerprint density at radius 3 is 2.54 bits per heavy atom. The number of methoxy groups -OCH3 is 1. The van der Waals surface area contributed by atoms with E-state index < -0.39 is 0 Å². The van der Waals surface area contributed by atoms with Crippen molar-refractivity contribution < 1.29 is 4.74 Å². The maximum Gasteiger partial charge on any atom is 0.191 e. The van der Waals surface area contributed by atoms with E-state index in [2.05, 4.69) is 51.7 Å². The highest BCUT2D eigenvalue weighted by molar-refractivity contribution is 5.79. The van der Waals surface area contributed by atoms with Gasteiger partial charge in [-0.05, 0) is 44.3 Å². The van der Waals surface area contributed by atoms with Crippen molar-refractivity contribution in [3.8, 4) is 0 Å². The van der Waals surface area contributed by atoms with Gasteiger partial charge in [-0.3, -0.25) is 4.99 Å². The molecule has 134 valence electrons. The summed E-state index contributed by atoms with van der Waals surface area (Å²) in [5.41, 5.74) is 2.56. The molecule has 0 amide bonds. The molecule has 0 radical (unpaired) electrons. The van der Waals surface area contributed by atoms with Crippen LogP contribution in [0.15, 0.2) is 29.3 Å². The van der Waals surface area contributed by atoms with Gasteiger partial charge in [0.1, 0.15) is 0 Å². The van der Waals surface area contributed by atoms with Gasteiger partial charge in [0.25, 0.3) is 0 Å². The summed E-state index contributed by atoms with van der Waals surface area (Å²) in [5.74, 6) is 1.61. The number of rotatable bonds is 7. The van der Waals surface area contributed by atoms with Gasteiger partial charge < -0.3 is 20.3 Å². The van der Waals surface area contributed by atoms with Crippen LogP contribution in [0.3, 0.4) is 0 Å². The fourth-order valence-corrected chi connectivity index (χ4v) is 2.99. The number of guanidine groups is 1. The molecule has 1 heterocycles. The average molecular weight is 332 g/mol. The van der Waals surface area contributed by atoms with E-state index in [0.29, 0.717) is 0 Å². The molecule has 0 atom stereocenters. The van der Waals surface area contributed by atoms with Crippen LogP contribution >= 0.6 is 0 Å². The third kappa shape index (κ3) is 6.49. The summed E-state index contributed by atoms with van der Waals surface area (Å²) < 4.78 is 5.16. The van der Waals surface area contributed by atoms with Gasteiger partial charge in [0, 0.05) is 33.8 Å². The molecule has 0 unspecified atom stereocenters. The molecule has 0 spiro atoms. The van der Waals surface area contributed by atoms with Crippen molar-refractivity contribution in [2.24, 2.45) is 10.9 Å². The number of hydrogen-bond acceptors (Lipinski definition) is 3. The number of benzene rings is 1. The van der Waals surface area contributed by atoms with Gasteiger partial charge in [-0.1, -0.05) is 29.8 Å². The SMILES string of the molecule is CN=C(NCc1ccc(C)cc1)NCC1CCN(CCOC)CC1. The first-order valence-corrected chi connectivity index (χ1v) is 8.92. The Morgan fingerprint density at radius 1 is 1.21 bits per heavy atom. The fourth-order valence-electron chi connectivity index (χ4n) is 2.99. The smallest absolute Gasteiger partial charge is 0.191 e. The largest absolute Gasteiger partial charge is 0.383 e. The third-order valence-corrected chi connectivity index (χ3v) is 4.68. The van der Waals surface area contributed by atoms with Crippen LogP contribution in [0.1, 0.15) is 24.0 Å². The minimum Gasteiger partial charge on any atom is -0.383 e. The normalized spacial score (nSPS) is 17.0. The Balaban J connectivity index is 1.66. The van der Waals surface area contributed by atoms with Gasteiger partial charge in [-0.25, -0.2) is 0 Å². The molecule has 0 aliphatic carbocycles. The van der Waals surface area contributed by atoms with E-state index in [1.165, 1.54) is 37.1 Å². The number of piperidine rings is 1. The Kier molecular flexibility index (Phi) is 8.05. The maximum atomic E-state index is 5.16. The molecule has 5 nitrogen and oxygen atoms in total. The Bertz CT molecular complexity index is 493. The van der Waals surface area contributed by atoms with E-state index in [4.69, 9.17) is 4.74 Å². The quantitative estimate of drug-likeness (QED) is 0.592. The first-order chi connectivity index (χ1) is 11.7. The molecule has 0 saturated carbocycles. The topological polar surface area (TPSA) is 48.9 Å². The average Bonchev–Trinajstić information content (AvgIpc) is 2.62. The molecular weight excluding hydrogens is 300 g/mol. The van der Waals surface area contributed by atoms with Gasteiger partial charge in [-0.15, -0.1) is 0 Å². The fraction of sp³-hybridized carbons (Fsp3) is 0.632. The molecular formula is C19H32N4O. The predicted octanol–water partition coefficient (Wildman–Crippen LogP) is 2.02. The number of nitrogens with one attached hydrogen (secondary N) is 2. The zero-order valence-corrected chi connectivity index (χ0v) is 15.3. The van der Waals surface area contributed by atoms with Crippen molar-refractivity contribution in [2.45, 2.75) is 26.3 Å². The number of aliphatic imine (C=N–C) groups is 1.